The largest absolute Gasteiger partial charge is 0.481 e. The summed E-state index contributed by atoms with van der Waals surface area (Å²) in [5.41, 5.74) is 0.764. The van der Waals surface area contributed by atoms with Gasteiger partial charge in [0, 0.05) is 12.6 Å². The number of aromatic nitrogens is 3. The van der Waals surface area contributed by atoms with E-state index < -0.39 is 12.1 Å². The van der Waals surface area contributed by atoms with E-state index in [1.165, 1.54) is 4.68 Å². The number of aliphatic hydroxyl groups excluding tert-OH is 2. The fraction of sp³-hybridized carbons (Fsp3) is 0.700. The fourth-order valence-corrected chi connectivity index (χ4v) is 1.40. The van der Waals surface area contributed by atoms with E-state index in [0.29, 0.717) is 12.8 Å². The molecule has 1 atom stereocenters. The zero-order valence-corrected chi connectivity index (χ0v) is 9.49. The average molecular weight is 243 g/mol. The van der Waals surface area contributed by atoms with Crippen LogP contribution in [0.3, 0.4) is 0 Å². The lowest BCUT2D eigenvalue weighted by Gasteiger charge is -2.04. The molecule has 0 fully saturated rings. The van der Waals surface area contributed by atoms with Crippen LogP contribution >= 0.6 is 0 Å². The summed E-state index contributed by atoms with van der Waals surface area (Å²) in [5, 5.41) is 34.0. The Balaban J connectivity index is 2.28. The highest BCUT2D eigenvalue weighted by atomic mass is 16.4. The molecule has 1 aromatic rings. The Kier molecular flexibility index (Phi) is 5.58. The summed E-state index contributed by atoms with van der Waals surface area (Å²) >= 11 is 0. The number of aliphatic carboxylic acids is 1. The SMILES string of the molecule is O=C(O)CCCCc1cn(CC(O)CO)nn1. The summed E-state index contributed by atoms with van der Waals surface area (Å²) in [5.74, 6) is -0.792. The van der Waals surface area contributed by atoms with Crippen LogP contribution in [-0.2, 0) is 17.8 Å². The molecule has 1 rings (SSSR count). The van der Waals surface area contributed by atoms with Crippen molar-refractivity contribution in [2.24, 2.45) is 0 Å². The molecule has 0 radical (unpaired) electrons. The van der Waals surface area contributed by atoms with Crippen LogP contribution in [0.2, 0.25) is 0 Å². The van der Waals surface area contributed by atoms with E-state index in [1.54, 1.807) is 6.20 Å². The summed E-state index contributed by atoms with van der Waals surface area (Å²) in [7, 11) is 0. The van der Waals surface area contributed by atoms with Crippen molar-refractivity contribution in [3.05, 3.63) is 11.9 Å². The van der Waals surface area contributed by atoms with Crippen molar-refractivity contribution in [2.45, 2.75) is 38.3 Å². The number of nitrogens with zero attached hydrogens (tertiary/aromatic N) is 3. The summed E-state index contributed by atoms with van der Waals surface area (Å²) in [6.07, 6.45) is 3.05. The van der Waals surface area contributed by atoms with Crippen molar-refractivity contribution in [1.29, 1.82) is 0 Å². The highest BCUT2D eigenvalue weighted by Crippen LogP contribution is 2.03. The third-order valence-electron chi connectivity index (χ3n) is 2.27. The topological polar surface area (TPSA) is 108 Å². The first-order valence-electron chi connectivity index (χ1n) is 5.51. The van der Waals surface area contributed by atoms with E-state index in [2.05, 4.69) is 10.3 Å². The molecule has 96 valence electrons. The van der Waals surface area contributed by atoms with Gasteiger partial charge in [-0.05, 0) is 19.3 Å². The van der Waals surface area contributed by atoms with E-state index >= 15 is 0 Å². The molecule has 1 aromatic heterocycles. The maximum Gasteiger partial charge on any atom is 0.303 e. The molecule has 0 aromatic carbocycles. The monoisotopic (exact) mass is 243 g/mol. The molecular weight excluding hydrogens is 226 g/mol. The van der Waals surface area contributed by atoms with Gasteiger partial charge in [-0.1, -0.05) is 5.21 Å². The van der Waals surface area contributed by atoms with Crippen molar-refractivity contribution < 1.29 is 20.1 Å². The zero-order chi connectivity index (χ0) is 12.7. The molecule has 0 saturated heterocycles. The van der Waals surface area contributed by atoms with E-state index in [-0.39, 0.29) is 19.6 Å². The van der Waals surface area contributed by atoms with Crippen LogP contribution in [0, 0.1) is 0 Å². The van der Waals surface area contributed by atoms with Crippen LogP contribution < -0.4 is 0 Å². The highest BCUT2D eigenvalue weighted by Gasteiger charge is 2.06. The standard InChI is InChI=1S/C10H17N3O4/c14-7-9(15)6-13-5-8(11-12-13)3-1-2-4-10(16)17/h5,9,14-15H,1-4,6-7H2,(H,16,17). The van der Waals surface area contributed by atoms with Gasteiger partial charge in [0.25, 0.3) is 0 Å². The van der Waals surface area contributed by atoms with Gasteiger partial charge in [-0.25, -0.2) is 4.68 Å². The molecule has 3 N–H and O–H groups in total. The number of hydrogen-bond donors (Lipinski definition) is 3. The second kappa shape index (κ2) is 6.97. The van der Waals surface area contributed by atoms with Crippen LogP contribution in [0.25, 0.3) is 0 Å². The van der Waals surface area contributed by atoms with Gasteiger partial charge in [0.2, 0.25) is 0 Å². The van der Waals surface area contributed by atoms with Crippen molar-refractivity contribution in [1.82, 2.24) is 15.0 Å². The summed E-state index contributed by atoms with van der Waals surface area (Å²) < 4.78 is 1.47. The molecule has 7 nitrogen and oxygen atoms in total. The second-order valence-corrected chi connectivity index (χ2v) is 3.87. The van der Waals surface area contributed by atoms with E-state index in [0.717, 1.165) is 12.1 Å². The van der Waals surface area contributed by atoms with Crippen LogP contribution in [0.1, 0.15) is 25.0 Å². The van der Waals surface area contributed by atoms with Crippen molar-refractivity contribution >= 4 is 5.97 Å². The van der Waals surface area contributed by atoms with Gasteiger partial charge in [-0.15, -0.1) is 5.10 Å². The lowest BCUT2D eigenvalue weighted by Crippen LogP contribution is -2.20. The van der Waals surface area contributed by atoms with Gasteiger partial charge in [-0.3, -0.25) is 4.79 Å². The van der Waals surface area contributed by atoms with E-state index in [9.17, 15) is 9.90 Å². The molecule has 0 bridgehead atoms. The van der Waals surface area contributed by atoms with Gasteiger partial charge >= 0.3 is 5.97 Å². The van der Waals surface area contributed by atoms with Gasteiger partial charge in [-0.2, -0.15) is 0 Å². The Hall–Kier alpha value is -1.47. The predicted molar refractivity (Wildman–Crippen MR) is 58.3 cm³/mol. The number of carbonyl (C=O) groups is 1. The maximum absolute atomic E-state index is 10.3. The lowest BCUT2D eigenvalue weighted by atomic mass is 10.1. The number of unbranched alkanes of at least 4 members (excludes halogenated alkanes) is 1. The molecule has 0 aliphatic rings. The third-order valence-corrected chi connectivity index (χ3v) is 2.27. The maximum atomic E-state index is 10.3. The number of carboxylic acid groups (broad SMARTS) is 1. The number of rotatable bonds is 8. The molecule has 0 aliphatic carbocycles. The average Bonchev–Trinajstić information content (AvgIpc) is 2.72. The fourth-order valence-electron chi connectivity index (χ4n) is 1.40. The molecule has 1 unspecified atom stereocenters. The Morgan fingerprint density at radius 2 is 2.24 bits per heavy atom. The quantitative estimate of drug-likeness (QED) is 0.527. The van der Waals surface area contributed by atoms with Crippen LogP contribution in [0.15, 0.2) is 6.20 Å². The first kappa shape index (κ1) is 13.6. The Morgan fingerprint density at radius 1 is 1.47 bits per heavy atom. The normalized spacial score (nSPS) is 12.6. The summed E-state index contributed by atoms with van der Waals surface area (Å²) in [6.45, 7) is -0.105. The Labute approximate surface area is 98.7 Å². The molecule has 7 heteroatoms. The van der Waals surface area contributed by atoms with Crippen LogP contribution in [0.4, 0.5) is 0 Å². The first-order valence-corrected chi connectivity index (χ1v) is 5.51. The molecule has 0 amide bonds. The first-order chi connectivity index (χ1) is 8.11. The van der Waals surface area contributed by atoms with Crippen molar-refractivity contribution in [3.8, 4) is 0 Å². The van der Waals surface area contributed by atoms with Crippen LogP contribution in [0.5, 0.6) is 0 Å². The van der Waals surface area contributed by atoms with Gasteiger partial charge in [0.05, 0.1) is 24.9 Å². The summed E-state index contributed by atoms with van der Waals surface area (Å²) in [6, 6.07) is 0. The second-order valence-electron chi connectivity index (χ2n) is 3.87. The number of aliphatic hydroxyl groups is 2. The van der Waals surface area contributed by atoms with E-state index in [1.807, 2.05) is 0 Å². The minimum absolute atomic E-state index is 0.164. The molecule has 0 spiro atoms. The van der Waals surface area contributed by atoms with Gasteiger partial charge < -0.3 is 15.3 Å². The number of aryl methyl sites for hydroxylation is 1. The third kappa shape index (κ3) is 5.41. The predicted octanol–water partition coefficient (Wildman–Crippen LogP) is -0.571. The van der Waals surface area contributed by atoms with Crippen molar-refractivity contribution in [3.63, 3.8) is 0 Å². The lowest BCUT2D eigenvalue weighted by molar-refractivity contribution is -0.137. The molecule has 0 saturated carbocycles. The molecular formula is C10H17N3O4. The molecule has 17 heavy (non-hydrogen) atoms. The molecule has 1 heterocycles. The minimum Gasteiger partial charge on any atom is -0.481 e. The van der Waals surface area contributed by atoms with Gasteiger partial charge in [0.1, 0.15) is 0 Å². The summed E-state index contributed by atoms with van der Waals surface area (Å²) in [4.78, 5) is 10.3. The minimum atomic E-state index is -0.837. The highest BCUT2D eigenvalue weighted by molar-refractivity contribution is 5.66. The zero-order valence-electron chi connectivity index (χ0n) is 9.49. The van der Waals surface area contributed by atoms with Crippen LogP contribution in [-0.4, -0.2) is 49.0 Å². The van der Waals surface area contributed by atoms with Crippen molar-refractivity contribution in [2.75, 3.05) is 6.61 Å². The number of carboxylic acids is 1. The number of hydrogen-bond acceptors (Lipinski definition) is 5. The Morgan fingerprint density at radius 3 is 2.88 bits per heavy atom. The van der Waals surface area contributed by atoms with Gasteiger partial charge in [0.15, 0.2) is 0 Å². The van der Waals surface area contributed by atoms with E-state index in [4.69, 9.17) is 10.2 Å². The smallest absolute Gasteiger partial charge is 0.303 e. The molecule has 0 aliphatic heterocycles. The Bertz CT molecular complexity index is 353.